The molecule has 2 unspecified atom stereocenters. The molecule has 0 radical (unpaired) electrons. The molecule has 43 heavy (non-hydrogen) atoms. The maximum atomic E-state index is 13.4. The first kappa shape index (κ1) is 28.9. The minimum Gasteiger partial charge on any atom is -0.493 e. The van der Waals surface area contributed by atoms with Gasteiger partial charge in [-0.15, -0.1) is 0 Å². The molecule has 0 aromatic heterocycles. The zero-order chi connectivity index (χ0) is 30.4. The Morgan fingerprint density at radius 2 is 1.40 bits per heavy atom. The number of hydrogen-bond acceptors (Lipinski definition) is 8. The fourth-order valence-corrected chi connectivity index (χ4v) is 6.63. The summed E-state index contributed by atoms with van der Waals surface area (Å²) in [6.07, 6.45) is 1.78. The first-order valence-corrected chi connectivity index (χ1v) is 14.8. The van der Waals surface area contributed by atoms with Crippen LogP contribution in [0, 0.1) is 6.92 Å². The Kier molecular flexibility index (Phi) is 7.72. The van der Waals surface area contributed by atoms with Crippen LogP contribution < -0.4 is 24.8 Å². The van der Waals surface area contributed by atoms with Gasteiger partial charge in [-0.3, -0.25) is 9.59 Å². The zero-order valence-corrected chi connectivity index (χ0v) is 25.3. The Labute approximate surface area is 252 Å². The molecular weight excluding hydrogens is 548 g/mol. The number of aryl methyl sites for hydroxylation is 1. The van der Waals surface area contributed by atoms with Crippen LogP contribution in [0.3, 0.4) is 0 Å². The van der Waals surface area contributed by atoms with E-state index in [1.165, 1.54) is 0 Å². The number of anilines is 2. The molecule has 4 heterocycles. The van der Waals surface area contributed by atoms with Gasteiger partial charge in [0.1, 0.15) is 12.0 Å². The first-order valence-electron chi connectivity index (χ1n) is 14.8. The lowest BCUT2D eigenvalue weighted by molar-refractivity contribution is 0.0420. The van der Waals surface area contributed by atoms with Crippen molar-refractivity contribution in [2.45, 2.75) is 57.5 Å². The van der Waals surface area contributed by atoms with E-state index >= 15 is 0 Å². The van der Waals surface area contributed by atoms with Gasteiger partial charge in [0, 0.05) is 44.8 Å². The molecule has 4 aliphatic rings. The van der Waals surface area contributed by atoms with Crippen molar-refractivity contribution < 1.29 is 28.5 Å². The van der Waals surface area contributed by atoms with E-state index in [9.17, 15) is 9.59 Å². The average Bonchev–Trinajstić information content (AvgIpc) is 3.53. The maximum Gasteiger partial charge on any atom is 0.256 e. The van der Waals surface area contributed by atoms with E-state index in [0.717, 1.165) is 28.8 Å². The number of fused-ring (bicyclic) bond motifs is 4. The van der Waals surface area contributed by atoms with Gasteiger partial charge in [0.25, 0.3) is 11.8 Å². The number of methoxy groups -OCH3 is 2. The summed E-state index contributed by atoms with van der Waals surface area (Å²) in [7, 11) is 3.22. The number of carbonyl (C=O) groups is 2. The molecule has 4 atom stereocenters. The molecule has 2 saturated heterocycles. The van der Waals surface area contributed by atoms with E-state index < -0.39 is 0 Å². The summed E-state index contributed by atoms with van der Waals surface area (Å²) in [6.45, 7) is 14.1. The summed E-state index contributed by atoms with van der Waals surface area (Å²) < 4.78 is 23.6. The third-order valence-electron chi connectivity index (χ3n) is 8.85. The Morgan fingerprint density at radius 3 is 2.07 bits per heavy atom. The number of hydrogen-bond donors (Lipinski definition) is 2. The number of amides is 2. The summed E-state index contributed by atoms with van der Waals surface area (Å²) in [5.41, 5.74) is 5.59. The van der Waals surface area contributed by atoms with E-state index in [4.69, 9.17) is 18.9 Å². The summed E-state index contributed by atoms with van der Waals surface area (Å²) in [5.74, 6) is 1.72. The molecule has 2 amide bonds. The minimum absolute atomic E-state index is 0.0243. The Morgan fingerprint density at radius 1 is 0.814 bits per heavy atom. The van der Waals surface area contributed by atoms with Crippen LogP contribution >= 0.6 is 0 Å². The van der Waals surface area contributed by atoms with Gasteiger partial charge >= 0.3 is 0 Å². The van der Waals surface area contributed by atoms with Gasteiger partial charge in [-0.05, 0) is 44.4 Å². The Hall–Kier alpha value is -4.18. The van der Waals surface area contributed by atoms with E-state index in [2.05, 4.69) is 30.7 Å². The molecule has 2 fully saturated rings. The van der Waals surface area contributed by atoms with Crippen molar-refractivity contribution in [1.29, 1.82) is 0 Å². The van der Waals surface area contributed by atoms with Gasteiger partial charge in [0.2, 0.25) is 0 Å². The van der Waals surface area contributed by atoms with Crippen LogP contribution in [0.15, 0.2) is 48.6 Å². The highest BCUT2D eigenvalue weighted by Gasteiger charge is 2.41. The van der Waals surface area contributed by atoms with Crippen molar-refractivity contribution in [3.63, 3.8) is 0 Å². The second kappa shape index (κ2) is 11.5. The standard InChI is InChI=1S/C33H40N4O6/c1-18-10-26-21(4)34-24-15-30(29(40-5)13-23(24)33(39)36(26)16-18)43-9-7-8-42-28-14-25-22(12-20(28)3)32(38)37-17-19(2)11-27(37)31(35-25)41-6/h12-15,21,26-27,31,34-35H,1-2,7-11,16-17H2,3-6H3/t21?,26-,27-,31?/m0/s1. The number of nitrogens with one attached hydrogen (secondary N) is 2. The predicted molar refractivity (Wildman–Crippen MR) is 164 cm³/mol. The van der Waals surface area contributed by atoms with Gasteiger partial charge in [0.05, 0.1) is 54.9 Å². The van der Waals surface area contributed by atoms with Crippen molar-refractivity contribution in [2.24, 2.45) is 0 Å². The largest absolute Gasteiger partial charge is 0.493 e. The number of ether oxygens (including phenoxy) is 4. The van der Waals surface area contributed by atoms with E-state index in [0.29, 0.717) is 73.2 Å². The van der Waals surface area contributed by atoms with Crippen LogP contribution in [0.4, 0.5) is 11.4 Å². The molecule has 2 aromatic carbocycles. The second-order valence-corrected chi connectivity index (χ2v) is 11.9. The van der Waals surface area contributed by atoms with E-state index in [-0.39, 0.29) is 36.2 Å². The lowest BCUT2D eigenvalue weighted by atomic mass is 10.1. The number of rotatable bonds is 8. The lowest BCUT2D eigenvalue weighted by Gasteiger charge is -2.27. The highest BCUT2D eigenvalue weighted by atomic mass is 16.5. The molecule has 228 valence electrons. The van der Waals surface area contributed by atoms with Crippen molar-refractivity contribution in [2.75, 3.05) is 51.2 Å². The van der Waals surface area contributed by atoms with E-state index in [1.54, 1.807) is 20.3 Å². The zero-order valence-electron chi connectivity index (χ0n) is 25.3. The molecular formula is C33H40N4O6. The van der Waals surface area contributed by atoms with Crippen molar-refractivity contribution in [1.82, 2.24) is 9.80 Å². The highest BCUT2D eigenvalue weighted by Crippen LogP contribution is 2.40. The maximum absolute atomic E-state index is 13.4. The fraction of sp³-hybridized carbons (Fsp3) is 0.455. The van der Waals surface area contributed by atoms with Crippen molar-refractivity contribution in [3.05, 3.63) is 65.3 Å². The highest BCUT2D eigenvalue weighted by molar-refractivity contribution is 6.02. The fourth-order valence-electron chi connectivity index (χ4n) is 6.63. The summed E-state index contributed by atoms with van der Waals surface area (Å²) >= 11 is 0. The van der Waals surface area contributed by atoms with Crippen molar-refractivity contribution >= 4 is 23.2 Å². The van der Waals surface area contributed by atoms with Crippen LogP contribution in [0.1, 0.15) is 52.5 Å². The smallest absolute Gasteiger partial charge is 0.256 e. The van der Waals surface area contributed by atoms with Crippen molar-refractivity contribution in [3.8, 4) is 17.2 Å². The van der Waals surface area contributed by atoms with E-state index in [1.807, 2.05) is 34.9 Å². The molecule has 2 aromatic rings. The molecule has 0 saturated carbocycles. The molecule has 10 heteroatoms. The van der Waals surface area contributed by atoms with Crippen LogP contribution in [0.5, 0.6) is 17.2 Å². The second-order valence-electron chi connectivity index (χ2n) is 11.9. The molecule has 2 N–H and O–H groups in total. The van der Waals surface area contributed by atoms with Gasteiger partial charge in [0.15, 0.2) is 11.5 Å². The van der Waals surface area contributed by atoms with Crippen LogP contribution in [0.2, 0.25) is 0 Å². The normalized spacial score (nSPS) is 24.3. The third-order valence-corrected chi connectivity index (χ3v) is 8.85. The quantitative estimate of drug-likeness (QED) is 0.341. The molecule has 6 rings (SSSR count). The van der Waals surface area contributed by atoms with Crippen LogP contribution in [-0.4, -0.2) is 86.5 Å². The Balaban J connectivity index is 1.10. The molecule has 4 aliphatic heterocycles. The van der Waals surface area contributed by atoms with Gasteiger partial charge < -0.3 is 39.4 Å². The predicted octanol–water partition coefficient (Wildman–Crippen LogP) is 4.60. The number of benzene rings is 2. The SMILES string of the molecule is C=C1C[C@H]2C(C)Nc3cc(OCCCOc4cc5c(cc4C)C(=O)N4CC(=C)C[C@H]4C(OC)N5)c(OC)cc3C(=O)N2C1. The number of nitrogens with zero attached hydrogens (tertiary/aromatic N) is 2. The summed E-state index contributed by atoms with van der Waals surface area (Å²) in [4.78, 5) is 30.5. The monoisotopic (exact) mass is 588 g/mol. The molecule has 0 aliphatic carbocycles. The topological polar surface area (TPSA) is 102 Å². The molecule has 0 bridgehead atoms. The molecule has 10 nitrogen and oxygen atoms in total. The van der Waals surface area contributed by atoms with Gasteiger partial charge in [-0.1, -0.05) is 24.3 Å². The van der Waals surface area contributed by atoms with Gasteiger partial charge in [-0.2, -0.15) is 0 Å². The third kappa shape index (κ3) is 5.29. The van der Waals surface area contributed by atoms with Crippen LogP contribution in [-0.2, 0) is 4.74 Å². The van der Waals surface area contributed by atoms with Crippen LogP contribution in [0.25, 0.3) is 0 Å². The summed E-state index contributed by atoms with van der Waals surface area (Å²) in [5, 5.41) is 6.91. The van der Waals surface area contributed by atoms with Gasteiger partial charge in [-0.25, -0.2) is 0 Å². The summed E-state index contributed by atoms with van der Waals surface area (Å²) in [6, 6.07) is 7.42. The number of carbonyl (C=O) groups excluding carboxylic acids is 2. The average molecular weight is 589 g/mol. The minimum atomic E-state index is -0.340. The molecule has 0 spiro atoms. The first-order chi connectivity index (χ1) is 20.7. The lowest BCUT2D eigenvalue weighted by Crippen LogP contribution is -2.44. The Bertz CT molecular complexity index is 1490.